The van der Waals surface area contributed by atoms with Gasteiger partial charge < -0.3 is 20.3 Å². The van der Waals surface area contributed by atoms with Gasteiger partial charge in [0.15, 0.2) is 0 Å². The maximum absolute atomic E-state index is 11.5. The number of hydrogen-bond acceptors (Lipinski definition) is 5. The molecule has 1 rings (SSSR count). The van der Waals surface area contributed by atoms with E-state index in [1.807, 2.05) is 0 Å². The van der Waals surface area contributed by atoms with E-state index in [2.05, 4.69) is 0 Å². The Bertz CT molecular complexity index is 365. The molecule has 0 spiro atoms. The minimum atomic E-state index is -0.477. The molecule has 0 heterocycles. The van der Waals surface area contributed by atoms with Gasteiger partial charge in [-0.1, -0.05) is 0 Å². The molecule has 16 heavy (non-hydrogen) atoms. The Balaban J connectivity index is 2.85. The summed E-state index contributed by atoms with van der Waals surface area (Å²) in [6, 6.07) is 4.70. The summed E-state index contributed by atoms with van der Waals surface area (Å²) in [4.78, 5) is 11.5. The van der Waals surface area contributed by atoms with Gasteiger partial charge in [-0.2, -0.15) is 0 Å². The first-order valence-electron chi connectivity index (χ1n) is 4.99. The van der Waals surface area contributed by atoms with E-state index in [4.69, 9.17) is 20.3 Å². The molecule has 0 aliphatic carbocycles. The molecule has 88 valence electrons. The molecule has 1 aromatic carbocycles. The second-order valence-electron chi connectivity index (χ2n) is 3.04. The van der Waals surface area contributed by atoms with Crippen LogP contribution in [0.5, 0.6) is 5.75 Å². The third-order valence-electron chi connectivity index (χ3n) is 1.88. The van der Waals surface area contributed by atoms with Crippen LogP contribution in [0, 0.1) is 0 Å². The SMILES string of the molecule is CCOC(=O)c1cc(OCCO)ccc1N. The normalized spacial score (nSPS) is 9.88. The largest absolute Gasteiger partial charge is 0.491 e. The van der Waals surface area contributed by atoms with Crippen molar-refractivity contribution < 1.29 is 19.4 Å². The third-order valence-corrected chi connectivity index (χ3v) is 1.88. The van der Waals surface area contributed by atoms with E-state index in [9.17, 15) is 4.79 Å². The molecular formula is C11H15NO4. The van der Waals surface area contributed by atoms with Crippen molar-refractivity contribution in [2.75, 3.05) is 25.6 Å². The topological polar surface area (TPSA) is 81.8 Å². The van der Waals surface area contributed by atoms with Gasteiger partial charge in [-0.25, -0.2) is 4.79 Å². The Morgan fingerprint density at radius 2 is 2.25 bits per heavy atom. The molecule has 0 saturated heterocycles. The van der Waals surface area contributed by atoms with Gasteiger partial charge in [-0.05, 0) is 25.1 Å². The van der Waals surface area contributed by atoms with Crippen LogP contribution in [0.4, 0.5) is 5.69 Å². The Hall–Kier alpha value is -1.75. The molecule has 5 nitrogen and oxygen atoms in total. The molecule has 0 fully saturated rings. The molecule has 5 heteroatoms. The molecule has 0 aliphatic heterocycles. The van der Waals surface area contributed by atoms with Gasteiger partial charge in [0.1, 0.15) is 12.4 Å². The van der Waals surface area contributed by atoms with Crippen LogP contribution in [0.2, 0.25) is 0 Å². The van der Waals surface area contributed by atoms with Crippen molar-refractivity contribution in [1.29, 1.82) is 0 Å². The molecule has 3 N–H and O–H groups in total. The van der Waals surface area contributed by atoms with Gasteiger partial charge in [0.2, 0.25) is 0 Å². The van der Waals surface area contributed by atoms with E-state index in [0.29, 0.717) is 18.0 Å². The smallest absolute Gasteiger partial charge is 0.340 e. The monoisotopic (exact) mass is 225 g/mol. The number of ether oxygens (including phenoxy) is 2. The van der Waals surface area contributed by atoms with Gasteiger partial charge in [0.05, 0.1) is 18.8 Å². The summed E-state index contributed by atoms with van der Waals surface area (Å²) < 4.78 is 10.0. The Morgan fingerprint density at radius 3 is 2.88 bits per heavy atom. The summed E-state index contributed by atoms with van der Waals surface area (Å²) in [5.74, 6) is 0.000696. The number of anilines is 1. The number of rotatable bonds is 5. The molecule has 0 aliphatic rings. The van der Waals surface area contributed by atoms with Crippen molar-refractivity contribution in [3.8, 4) is 5.75 Å². The minimum Gasteiger partial charge on any atom is -0.491 e. The molecule has 0 amide bonds. The summed E-state index contributed by atoms with van der Waals surface area (Å²) in [5.41, 5.74) is 6.26. The number of carbonyl (C=O) groups is 1. The predicted molar refractivity (Wildman–Crippen MR) is 59.4 cm³/mol. The van der Waals surface area contributed by atoms with Crippen molar-refractivity contribution in [2.24, 2.45) is 0 Å². The zero-order valence-electron chi connectivity index (χ0n) is 9.10. The summed E-state index contributed by atoms with van der Waals surface area (Å²) in [6.45, 7) is 2.10. The maximum Gasteiger partial charge on any atom is 0.340 e. The standard InChI is InChI=1S/C11H15NO4/c1-2-15-11(14)9-7-8(16-6-5-13)3-4-10(9)12/h3-4,7,13H,2,5-6,12H2,1H3. The van der Waals surface area contributed by atoms with Crippen LogP contribution in [0.3, 0.4) is 0 Å². The highest BCUT2D eigenvalue weighted by Crippen LogP contribution is 2.20. The number of nitrogens with two attached hydrogens (primary N) is 1. The summed E-state index contributed by atoms with van der Waals surface area (Å²) in [5, 5.41) is 8.60. The predicted octanol–water partition coefficient (Wildman–Crippen LogP) is 0.817. The lowest BCUT2D eigenvalue weighted by Gasteiger charge is -2.08. The zero-order valence-corrected chi connectivity index (χ0v) is 9.10. The second kappa shape index (κ2) is 5.97. The fourth-order valence-electron chi connectivity index (χ4n) is 1.17. The van der Waals surface area contributed by atoms with E-state index < -0.39 is 5.97 Å². The molecule has 1 aromatic rings. The third kappa shape index (κ3) is 3.13. The van der Waals surface area contributed by atoms with Crippen LogP contribution in [0.25, 0.3) is 0 Å². The highest BCUT2D eigenvalue weighted by Gasteiger charge is 2.11. The first-order valence-corrected chi connectivity index (χ1v) is 4.99. The minimum absolute atomic E-state index is 0.0842. The van der Waals surface area contributed by atoms with E-state index in [-0.39, 0.29) is 18.8 Å². The Labute approximate surface area is 93.8 Å². The average Bonchev–Trinajstić information content (AvgIpc) is 2.28. The van der Waals surface area contributed by atoms with Gasteiger partial charge in [0.25, 0.3) is 0 Å². The number of aliphatic hydroxyl groups excluding tert-OH is 1. The van der Waals surface area contributed by atoms with Crippen LogP contribution in [-0.2, 0) is 4.74 Å². The van der Waals surface area contributed by atoms with E-state index in [0.717, 1.165) is 0 Å². The lowest BCUT2D eigenvalue weighted by atomic mass is 10.2. The number of benzene rings is 1. The lowest BCUT2D eigenvalue weighted by molar-refractivity contribution is 0.0527. The summed E-state index contributed by atoms with van der Waals surface area (Å²) in [7, 11) is 0. The van der Waals surface area contributed by atoms with E-state index in [1.54, 1.807) is 19.1 Å². The first kappa shape index (κ1) is 12.3. The van der Waals surface area contributed by atoms with Crippen molar-refractivity contribution in [3.63, 3.8) is 0 Å². The first-order chi connectivity index (χ1) is 7.69. The maximum atomic E-state index is 11.5. The Kier molecular flexibility index (Phi) is 4.60. The molecular weight excluding hydrogens is 210 g/mol. The van der Waals surface area contributed by atoms with Crippen LogP contribution in [0.15, 0.2) is 18.2 Å². The number of nitrogen functional groups attached to an aromatic ring is 1. The van der Waals surface area contributed by atoms with Gasteiger partial charge >= 0.3 is 5.97 Å². The van der Waals surface area contributed by atoms with Crippen LogP contribution in [0.1, 0.15) is 17.3 Å². The summed E-state index contributed by atoms with van der Waals surface area (Å²) in [6.07, 6.45) is 0. The number of carbonyl (C=O) groups excluding carboxylic acids is 1. The summed E-state index contributed by atoms with van der Waals surface area (Å²) >= 11 is 0. The molecule has 0 atom stereocenters. The van der Waals surface area contributed by atoms with E-state index in [1.165, 1.54) is 6.07 Å². The van der Waals surface area contributed by atoms with Gasteiger partial charge in [0, 0.05) is 5.69 Å². The number of aliphatic hydroxyl groups is 1. The lowest BCUT2D eigenvalue weighted by Crippen LogP contribution is -2.09. The second-order valence-corrected chi connectivity index (χ2v) is 3.04. The van der Waals surface area contributed by atoms with E-state index >= 15 is 0 Å². The van der Waals surface area contributed by atoms with Crippen molar-refractivity contribution in [3.05, 3.63) is 23.8 Å². The van der Waals surface area contributed by atoms with Gasteiger partial charge in [-0.3, -0.25) is 0 Å². The molecule has 0 bridgehead atoms. The van der Waals surface area contributed by atoms with Crippen molar-refractivity contribution in [1.82, 2.24) is 0 Å². The van der Waals surface area contributed by atoms with Crippen LogP contribution in [-0.4, -0.2) is 30.9 Å². The molecule has 0 aromatic heterocycles. The highest BCUT2D eigenvalue weighted by molar-refractivity contribution is 5.95. The molecule has 0 unspecified atom stereocenters. The highest BCUT2D eigenvalue weighted by atomic mass is 16.5. The fourth-order valence-corrected chi connectivity index (χ4v) is 1.17. The van der Waals surface area contributed by atoms with Crippen LogP contribution < -0.4 is 10.5 Å². The quantitative estimate of drug-likeness (QED) is 0.572. The average molecular weight is 225 g/mol. The number of hydrogen-bond donors (Lipinski definition) is 2. The molecule has 0 radical (unpaired) electrons. The van der Waals surface area contributed by atoms with Gasteiger partial charge in [-0.15, -0.1) is 0 Å². The number of esters is 1. The molecule has 0 saturated carbocycles. The van der Waals surface area contributed by atoms with Crippen molar-refractivity contribution in [2.45, 2.75) is 6.92 Å². The fraction of sp³-hybridized carbons (Fsp3) is 0.364. The Morgan fingerprint density at radius 1 is 1.50 bits per heavy atom. The van der Waals surface area contributed by atoms with Crippen LogP contribution >= 0.6 is 0 Å². The zero-order chi connectivity index (χ0) is 12.0. The van der Waals surface area contributed by atoms with Crippen molar-refractivity contribution >= 4 is 11.7 Å².